The van der Waals surface area contributed by atoms with Crippen molar-refractivity contribution in [3.8, 4) is 5.69 Å². The smallest absolute Gasteiger partial charge is 0.206 e. The van der Waals surface area contributed by atoms with Crippen molar-refractivity contribution in [3.05, 3.63) is 88.7 Å². The van der Waals surface area contributed by atoms with Gasteiger partial charge in [0.15, 0.2) is 10.1 Å². The Balaban J connectivity index is 1.39. The molecule has 7 heteroatoms. The molecule has 2 heterocycles. The van der Waals surface area contributed by atoms with E-state index in [1.807, 2.05) is 38.1 Å². The lowest BCUT2D eigenvalue weighted by Gasteiger charge is -2.10. The van der Waals surface area contributed by atoms with E-state index in [0.29, 0.717) is 12.3 Å². The molecule has 0 radical (unpaired) electrons. The lowest BCUT2D eigenvalue weighted by molar-refractivity contribution is 0.102. The minimum Gasteiger partial charge on any atom is -0.356 e. The molecule has 0 saturated heterocycles. The molecular weight excluding hydrogens is 424 g/mol. The monoisotopic (exact) mass is 448 g/mol. The van der Waals surface area contributed by atoms with E-state index in [1.165, 1.54) is 34.2 Å². The first kappa shape index (κ1) is 21.3. The van der Waals surface area contributed by atoms with Gasteiger partial charge in [-0.1, -0.05) is 71.1 Å². The number of aromatic nitrogens is 3. The zero-order chi connectivity index (χ0) is 21.8. The van der Waals surface area contributed by atoms with Crippen molar-refractivity contribution in [3.63, 3.8) is 0 Å². The van der Waals surface area contributed by atoms with E-state index < -0.39 is 0 Å². The maximum atomic E-state index is 12.9. The molecule has 31 heavy (non-hydrogen) atoms. The molecule has 0 aliphatic heterocycles. The predicted octanol–water partition coefficient (Wildman–Crippen LogP) is 5.84. The Bertz CT molecular complexity index is 1180. The van der Waals surface area contributed by atoms with Gasteiger partial charge in [-0.25, -0.2) is 0 Å². The highest BCUT2D eigenvalue weighted by Gasteiger charge is 2.17. The SMILES string of the molecule is Cc1ccc(-n2c(C)cc(C(=O)CSc3nnc(NCc4ccccc4)s3)c2C)cc1. The molecule has 0 saturated carbocycles. The summed E-state index contributed by atoms with van der Waals surface area (Å²) < 4.78 is 2.92. The van der Waals surface area contributed by atoms with Crippen LogP contribution in [0.15, 0.2) is 65.0 Å². The first-order valence-electron chi connectivity index (χ1n) is 10.0. The van der Waals surface area contributed by atoms with E-state index in [-0.39, 0.29) is 5.78 Å². The standard InChI is InChI=1S/C24H24N4OS2/c1-16-9-11-20(12-10-16)28-17(2)13-21(18(28)3)22(29)15-30-24-27-26-23(31-24)25-14-19-7-5-4-6-8-19/h4-13H,14-15H2,1-3H3,(H,25,26). The number of hydrogen-bond donors (Lipinski definition) is 1. The average Bonchev–Trinajstić information content (AvgIpc) is 3.36. The number of nitrogens with zero attached hydrogens (tertiary/aromatic N) is 3. The number of rotatable bonds is 8. The molecule has 2 aromatic carbocycles. The molecule has 0 aliphatic carbocycles. The Morgan fingerprint density at radius 1 is 1.03 bits per heavy atom. The third kappa shape index (κ3) is 5.06. The molecule has 4 aromatic rings. The van der Waals surface area contributed by atoms with E-state index in [9.17, 15) is 4.79 Å². The number of aryl methyl sites for hydroxylation is 2. The predicted molar refractivity (Wildman–Crippen MR) is 129 cm³/mol. The first-order valence-corrected chi connectivity index (χ1v) is 11.8. The van der Waals surface area contributed by atoms with Gasteiger partial charge in [0, 0.05) is 29.2 Å². The summed E-state index contributed by atoms with van der Waals surface area (Å²) in [6.07, 6.45) is 0. The summed E-state index contributed by atoms with van der Waals surface area (Å²) in [5, 5.41) is 12.4. The van der Waals surface area contributed by atoms with Crippen molar-refractivity contribution < 1.29 is 4.79 Å². The van der Waals surface area contributed by atoms with Gasteiger partial charge >= 0.3 is 0 Å². The van der Waals surface area contributed by atoms with Crippen LogP contribution in [-0.2, 0) is 6.54 Å². The summed E-state index contributed by atoms with van der Waals surface area (Å²) in [6, 6.07) is 20.5. The van der Waals surface area contributed by atoms with Gasteiger partial charge in [-0.3, -0.25) is 4.79 Å². The van der Waals surface area contributed by atoms with Crippen LogP contribution in [-0.4, -0.2) is 26.3 Å². The number of ketones is 1. The Hall–Kier alpha value is -2.90. The van der Waals surface area contributed by atoms with Crippen LogP contribution < -0.4 is 5.32 Å². The third-order valence-corrected chi connectivity index (χ3v) is 7.06. The van der Waals surface area contributed by atoms with Gasteiger partial charge in [0.25, 0.3) is 0 Å². The van der Waals surface area contributed by atoms with Crippen LogP contribution >= 0.6 is 23.1 Å². The number of hydrogen-bond acceptors (Lipinski definition) is 6. The molecule has 0 spiro atoms. The van der Waals surface area contributed by atoms with E-state index in [1.54, 1.807) is 0 Å². The molecule has 2 aromatic heterocycles. The summed E-state index contributed by atoms with van der Waals surface area (Å²) >= 11 is 2.91. The minimum atomic E-state index is 0.102. The van der Waals surface area contributed by atoms with Gasteiger partial charge in [0.1, 0.15) is 0 Å². The number of Topliss-reactive ketones (excluding diaryl/α,β-unsaturated/α-hetero) is 1. The molecule has 0 unspecified atom stereocenters. The van der Waals surface area contributed by atoms with Crippen LogP contribution in [0.25, 0.3) is 5.69 Å². The van der Waals surface area contributed by atoms with Crippen molar-refractivity contribution in [2.24, 2.45) is 0 Å². The summed E-state index contributed by atoms with van der Waals surface area (Å²) in [7, 11) is 0. The second-order valence-corrected chi connectivity index (χ2v) is 9.58. The highest BCUT2D eigenvalue weighted by Crippen LogP contribution is 2.28. The average molecular weight is 449 g/mol. The van der Waals surface area contributed by atoms with Crippen molar-refractivity contribution in [2.45, 2.75) is 31.7 Å². The number of nitrogens with one attached hydrogen (secondary N) is 1. The van der Waals surface area contributed by atoms with Crippen molar-refractivity contribution >= 4 is 34.0 Å². The zero-order valence-electron chi connectivity index (χ0n) is 17.8. The van der Waals surface area contributed by atoms with Gasteiger partial charge in [0.2, 0.25) is 5.13 Å². The topological polar surface area (TPSA) is 59.8 Å². The van der Waals surface area contributed by atoms with Crippen LogP contribution in [0.4, 0.5) is 5.13 Å². The highest BCUT2D eigenvalue weighted by molar-refractivity contribution is 8.01. The Morgan fingerprint density at radius 2 is 1.77 bits per heavy atom. The summed E-state index contributed by atoms with van der Waals surface area (Å²) in [5.74, 6) is 0.441. The summed E-state index contributed by atoms with van der Waals surface area (Å²) in [5.41, 5.74) is 6.26. The second-order valence-electron chi connectivity index (χ2n) is 7.38. The highest BCUT2D eigenvalue weighted by atomic mass is 32.2. The fourth-order valence-corrected chi connectivity index (χ4v) is 5.09. The van der Waals surface area contributed by atoms with Gasteiger partial charge in [-0.2, -0.15) is 0 Å². The Labute approximate surface area is 190 Å². The molecular formula is C24H24N4OS2. The van der Waals surface area contributed by atoms with Gasteiger partial charge in [-0.15, -0.1) is 10.2 Å². The van der Waals surface area contributed by atoms with Crippen LogP contribution in [0.2, 0.25) is 0 Å². The molecule has 0 atom stereocenters. The molecule has 0 fully saturated rings. The van der Waals surface area contributed by atoms with Crippen molar-refractivity contribution in [1.82, 2.24) is 14.8 Å². The quantitative estimate of drug-likeness (QED) is 0.271. The second kappa shape index (κ2) is 9.49. The maximum absolute atomic E-state index is 12.9. The number of benzene rings is 2. The number of thioether (sulfide) groups is 1. The fourth-order valence-electron chi connectivity index (χ4n) is 3.45. The van der Waals surface area contributed by atoms with Gasteiger partial charge < -0.3 is 9.88 Å². The maximum Gasteiger partial charge on any atom is 0.206 e. The summed E-state index contributed by atoms with van der Waals surface area (Å²) in [4.78, 5) is 12.9. The Kier molecular flexibility index (Phi) is 6.53. The number of anilines is 1. The molecule has 0 bridgehead atoms. The number of carbonyl (C=O) groups is 1. The Morgan fingerprint density at radius 3 is 2.52 bits per heavy atom. The van der Waals surface area contributed by atoms with E-state index in [0.717, 1.165) is 32.1 Å². The lowest BCUT2D eigenvalue weighted by atomic mass is 10.2. The van der Waals surface area contributed by atoms with Crippen LogP contribution in [0.5, 0.6) is 0 Å². The van der Waals surface area contributed by atoms with Crippen LogP contribution in [0.1, 0.15) is 32.9 Å². The fraction of sp³-hybridized carbons (Fsp3) is 0.208. The van der Waals surface area contributed by atoms with E-state index in [2.05, 4.69) is 63.4 Å². The van der Waals surface area contributed by atoms with Crippen LogP contribution in [0, 0.1) is 20.8 Å². The molecule has 0 amide bonds. The molecule has 5 nitrogen and oxygen atoms in total. The van der Waals surface area contributed by atoms with E-state index in [4.69, 9.17) is 0 Å². The van der Waals surface area contributed by atoms with Crippen molar-refractivity contribution in [2.75, 3.05) is 11.1 Å². The normalized spacial score (nSPS) is 10.9. The largest absolute Gasteiger partial charge is 0.356 e. The zero-order valence-corrected chi connectivity index (χ0v) is 19.4. The lowest BCUT2D eigenvalue weighted by Crippen LogP contribution is -2.05. The molecule has 0 aliphatic rings. The minimum absolute atomic E-state index is 0.102. The third-order valence-electron chi connectivity index (χ3n) is 5.04. The van der Waals surface area contributed by atoms with Gasteiger partial charge in [-0.05, 0) is 44.5 Å². The molecule has 158 valence electrons. The molecule has 4 rings (SSSR count). The molecule has 1 N–H and O–H groups in total. The van der Waals surface area contributed by atoms with Gasteiger partial charge in [0.05, 0.1) is 5.75 Å². The summed E-state index contributed by atoms with van der Waals surface area (Å²) in [6.45, 7) is 6.80. The van der Waals surface area contributed by atoms with E-state index >= 15 is 0 Å². The van der Waals surface area contributed by atoms with Crippen LogP contribution in [0.3, 0.4) is 0 Å². The first-order chi connectivity index (χ1) is 15.0. The number of carbonyl (C=O) groups excluding carboxylic acids is 1. The van der Waals surface area contributed by atoms with Crippen molar-refractivity contribution in [1.29, 1.82) is 0 Å².